The second kappa shape index (κ2) is 4.73. The maximum absolute atomic E-state index is 13.0. The summed E-state index contributed by atoms with van der Waals surface area (Å²) in [5.74, 6) is 0.0852. The predicted molar refractivity (Wildman–Crippen MR) is 87.9 cm³/mol. The largest absolute Gasteiger partial charge is 0.361 e. The fourth-order valence-corrected chi connectivity index (χ4v) is 3.70. The van der Waals surface area contributed by atoms with Crippen LogP contribution < -0.4 is 5.32 Å². The molecule has 110 valence electrons. The first-order valence-electron chi connectivity index (χ1n) is 7.60. The highest BCUT2D eigenvalue weighted by atomic mass is 16.2. The Morgan fingerprint density at radius 3 is 2.41 bits per heavy atom. The summed E-state index contributed by atoms with van der Waals surface area (Å²) in [5.41, 5.74) is 3.93. The minimum Gasteiger partial charge on any atom is -0.361 e. The van der Waals surface area contributed by atoms with E-state index in [-0.39, 0.29) is 11.6 Å². The van der Waals surface area contributed by atoms with Crippen molar-refractivity contribution in [3.05, 3.63) is 77.9 Å². The van der Waals surface area contributed by atoms with Gasteiger partial charge in [-0.15, -0.1) is 6.58 Å². The summed E-state index contributed by atoms with van der Waals surface area (Å²) < 4.78 is 0. The molecule has 0 fully saturated rings. The van der Waals surface area contributed by atoms with E-state index in [1.54, 1.807) is 6.08 Å². The van der Waals surface area contributed by atoms with Gasteiger partial charge in [-0.3, -0.25) is 4.79 Å². The quantitative estimate of drug-likeness (QED) is 0.861. The molecule has 0 saturated heterocycles. The van der Waals surface area contributed by atoms with Crippen LogP contribution in [0.25, 0.3) is 0 Å². The molecule has 0 aromatic heterocycles. The van der Waals surface area contributed by atoms with Gasteiger partial charge in [-0.2, -0.15) is 0 Å². The van der Waals surface area contributed by atoms with Crippen LogP contribution in [-0.2, 0) is 12.8 Å². The molecule has 2 aliphatic rings. The number of nitrogens with zero attached hydrogens (tertiary/aromatic N) is 1. The molecule has 4 rings (SSSR count). The number of hydrogen-bond donors (Lipinski definition) is 1. The summed E-state index contributed by atoms with van der Waals surface area (Å²) in [7, 11) is 0. The van der Waals surface area contributed by atoms with E-state index < -0.39 is 0 Å². The van der Waals surface area contributed by atoms with Crippen LogP contribution in [0.5, 0.6) is 0 Å². The maximum Gasteiger partial charge on any atom is 0.258 e. The first-order chi connectivity index (χ1) is 10.7. The molecule has 1 spiro atoms. The monoisotopic (exact) mass is 290 g/mol. The Bertz CT molecular complexity index is 741. The Morgan fingerprint density at radius 2 is 1.73 bits per heavy atom. The van der Waals surface area contributed by atoms with Crippen LogP contribution in [0.2, 0.25) is 0 Å². The Hall–Kier alpha value is -2.55. The van der Waals surface area contributed by atoms with Gasteiger partial charge < -0.3 is 10.2 Å². The van der Waals surface area contributed by atoms with Crippen LogP contribution in [0.3, 0.4) is 0 Å². The molecule has 3 nitrogen and oxygen atoms in total. The zero-order valence-electron chi connectivity index (χ0n) is 12.4. The number of rotatable bonds is 2. The molecule has 0 atom stereocenters. The first-order valence-corrected chi connectivity index (χ1v) is 7.60. The predicted octanol–water partition coefficient (Wildman–Crippen LogP) is 3.24. The van der Waals surface area contributed by atoms with Crippen molar-refractivity contribution in [1.82, 2.24) is 4.90 Å². The van der Waals surface area contributed by atoms with Gasteiger partial charge in [0.25, 0.3) is 5.91 Å². The average Bonchev–Trinajstić information content (AvgIpc) is 2.90. The number of amides is 1. The number of hydrogen-bond acceptors (Lipinski definition) is 2. The number of nitrogens with one attached hydrogen (secondary N) is 1. The van der Waals surface area contributed by atoms with Crippen LogP contribution in [0.4, 0.5) is 5.69 Å². The number of benzene rings is 2. The molecule has 1 aliphatic carbocycles. The number of para-hydroxylation sites is 1. The average molecular weight is 290 g/mol. The summed E-state index contributed by atoms with van der Waals surface area (Å²) in [6, 6.07) is 16.2. The van der Waals surface area contributed by atoms with E-state index in [1.165, 1.54) is 11.1 Å². The van der Waals surface area contributed by atoms with Crippen LogP contribution >= 0.6 is 0 Å². The molecule has 1 N–H and O–H groups in total. The topological polar surface area (TPSA) is 32.3 Å². The first kappa shape index (κ1) is 13.1. The number of carbonyl (C=O) groups excluding carboxylic acids is 1. The van der Waals surface area contributed by atoms with Gasteiger partial charge in [-0.1, -0.05) is 42.5 Å². The molecule has 3 heteroatoms. The highest BCUT2D eigenvalue weighted by molar-refractivity contribution is 6.02. The van der Waals surface area contributed by atoms with Crippen molar-refractivity contribution < 1.29 is 4.79 Å². The molecular formula is C19H18N2O. The van der Waals surface area contributed by atoms with Gasteiger partial charge in [0.05, 0.1) is 5.56 Å². The van der Waals surface area contributed by atoms with E-state index >= 15 is 0 Å². The van der Waals surface area contributed by atoms with Gasteiger partial charge in [0.1, 0.15) is 5.66 Å². The van der Waals surface area contributed by atoms with Crippen molar-refractivity contribution in [2.24, 2.45) is 0 Å². The zero-order valence-corrected chi connectivity index (χ0v) is 12.4. The standard InChI is InChI=1S/C19H18N2O/c1-2-11-21-18(22)16-9-5-6-10-17(16)20-19(21)12-14-7-3-4-8-15(14)13-19/h2-10,20H,1,11-13H2. The smallest absolute Gasteiger partial charge is 0.258 e. The number of anilines is 1. The molecule has 0 unspecified atom stereocenters. The SMILES string of the molecule is C=CCN1C(=O)c2ccccc2NC12Cc1ccccc1C2. The summed E-state index contributed by atoms with van der Waals surface area (Å²) in [5, 5.41) is 3.64. The van der Waals surface area contributed by atoms with Crippen molar-refractivity contribution >= 4 is 11.6 Å². The molecule has 1 aliphatic heterocycles. The molecule has 22 heavy (non-hydrogen) atoms. The van der Waals surface area contributed by atoms with Crippen LogP contribution in [0.15, 0.2) is 61.2 Å². The summed E-state index contributed by atoms with van der Waals surface area (Å²) in [6.07, 6.45) is 3.46. The van der Waals surface area contributed by atoms with Crippen molar-refractivity contribution in [2.75, 3.05) is 11.9 Å². The molecule has 0 radical (unpaired) electrons. The molecule has 1 amide bonds. The lowest BCUT2D eigenvalue weighted by Crippen LogP contribution is -2.60. The molecule has 1 heterocycles. The second-order valence-electron chi connectivity index (χ2n) is 6.03. The molecule has 0 saturated carbocycles. The Kier molecular flexibility index (Phi) is 2.83. The minimum absolute atomic E-state index is 0.0852. The Labute approximate surface area is 130 Å². The third-order valence-electron chi connectivity index (χ3n) is 4.68. The van der Waals surface area contributed by atoms with Crippen LogP contribution in [0, 0.1) is 0 Å². The molecular weight excluding hydrogens is 272 g/mol. The Balaban J connectivity index is 1.82. The maximum atomic E-state index is 13.0. The highest BCUT2D eigenvalue weighted by Gasteiger charge is 2.47. The van der Waals surface area contributed by atoms with Crippen molar-refractivity contribution in [3.8, 4) is 0 Å². The number of fused-ring (bicyclic) bond motifs is 2. The molecule has 2 aromatic rings. The van der Waals surface area contributed by atoms with E-state index in [0.717, 1.165) is 24.1 Å². The van der Waals surface area contributed by atoms with Crippen LogP contribution in [-0.4, -0.2) is 23.0 Å². The van der Waals surface area contributed by atoms with E-state index in [2.05, 4.69) is 36.2 Å². The highest BCUT2D eigenvalue weighted by Crippen LogP contribution is 2.40. The lowest BCUT2D eigenvalue weighted by atomic mass is 9.96. The fourth-order valence-electron chi connectivity index (χ4n) is 3.70. The minimum atomic E-state index is -0.372. The zero-order chi connectivity index (χ0) is 15.2. The third kappa shape index (κ3) is 1.78. The lowest BCUT2D eigenvalue weighted by molar-refractivity contribution is 0.0562. The number of carbonyl (C=O) groups is 1. The van der Waals surface area contributed by atoms with Gasteiger partial charge in [-0.05, 0) is 23.3 Å². The Morgan fingerprint density at radius 1 is 1.09 bits per heavy atom. The fraction of sp³-hybridized carbons (Fsp3) is 0.211. The summed E-state index contributed by atoms with van der Waals surface area (Å²) in [6.45, 7) is 4.38. The van der Waals surface area contributed by atoms with Gasteiger partial charge in [0.15, 0.2) is 0 Å². The van der Waals surface area contributed by atoms with E-state index in [1.807, 2.05) is 29.2 Å². The normalized spacial score (nSPS) is 17.8. The molecule has 2 aromatic carbocycles. The molecule has 0 bridgehead atoms. The van der Waals surface area contributed by atoms with Gasteiger partial charge >= 0.3 is 0 Å². The van der Waals surface area contributed by atoms with E-state index in [0.29, 0.717) is 6.54 Å². The summed E-state index contributed by atoms with van der Waals surface area (Å²) >= 11 is 0. The second-order valence-corrected chi connectivity index (χ2v) is 6.03. The van der Waals surface area contributed by atoms with Crippen LogP contribution in [0.1, 0.15) is 21.5 Å². The third-order valence-corrected chi connectivity index (χ3v) is 4.68. The van der Waals surface area contributed by atoms with Gasteiger partial charge in [0.2, 0.25) is 0 Å². The lowest BCUT2D eigenvalue weighted by Gasteiger charge is -2.46. The van der Waals surface area contributed by atoms with E-state index in [4.69, 9.17) is 0 Å². The van der Waals surface area contributed by atoms with E-state index in [9.17, 15) is 4.79 Å². The van der Waals surface area contributed by atoms with Gasteiger partial charge in [0, 0.05) is 25.1 Å². The van der Waals surface area contributed by atoms with Gasteiger partial charge in [-0.25, -0.2) is 0 Å². The van der Waals surface area contributed by atoms with Crippen molar-refractivity contribution in [2.45, 2.75) is 18.5 Å². The summed E-state index contributed by atoms with van der Waals surface area (Å²) in [4.78, 5) is 14.9. The van der Waals surface area contributed by atoms with Crippen molar-refractivity contribution in [3.63, 3.8) is 0 Å². The van der Waals surface area contributed by atoms with Crippen molar-refractivity contribution in [1.29, 1.82) is 0 Å².